The normalized spacial score (nSPS) is 12.8. The van der Waals surface area contributed by atoms with Gasteiger partial charge in [-0.05, 0) is 49.8 Å². The molecule has 0 spiro atoms. The molecule has 6 nitrogen and oxygen atoms in total. The van der Waals surface area contributed by atoms with Crippen LogP contribution in [0.5, 0.6) is 5.75 Å². The van der Waals surface area contributed by atoms with E-state index in [4.69, 9.17) is 4.74 Å². The molecule has 7 heteroatoms. The fourth-order valence-electron chi connectivity index (χ4n) is 3.65. The van der Waals surface area contributed by atoms with Gasteiger partial charge in [0.25, 0.3) is 5.56 Å². The number of carbonyl (C=O) groups excluding carboxylic acids is 1. The number of rotatable bonds is 9. The molecule has 1 aromatic carbocycles. The second kappa shape index (κ2) is 9.22. The maximum Gasteiger partial charge on any atom is 0.259 e. The number of nitrogens with zero attached hydrogens (tertiary/aromatic N) is 1. The van der Waals surface area contributed by atoms with E-state index >= 15 is 0 Å². The van der Waals surface area contributed by atoms with E-state index in [0.717, 1.165) is 48.1 Å². The number of unbranched alkanes of at least 4 members (excludes halogenated alkanes) is 1. The molecule has 152 valence electrons. The predicted octanol–water partition coefficient (Wildman–Crippen LogP) is 3.38. The lowest BCUT2D eigenvalue weighted by atomic mass is 10.2. The molecular formula is C22H25N3O3S. The van der Waals surface area contributed by atoms with Crippen molar-refractivity contribution >= 4 is 27.5 Å². The summed E-state index contributed by atoms with van der Waals surface area (Å²) in [5.41, 5.74) is 1.11. The highest BCUT2D eigenvalue weighted by molar-refractivity contribution is 7.18. The van der Waals surface area contributed by atoms with Crippen molar-refractivity contribution in [2.75, 3.05) is 13.2 Å². The summed E-state index contributed by atoms with van der Waals surface area (Å²) >= 11 is 1.63. The van der Waals surface area contributed by atoms with Gasteiger partial charge in [0.1, 0.15) is 16.4 Å². The molecule has 0 atom stereocenters. The Kier molecular flexibility index (Phi) is 6.24. The van der Waals surface area contributed by atoms with E-state index < -0.39 is 0 Å². The Morgan fingerprint density at radius 1 is 1.21 bits per heavy atom. The number of thiophene rings is 1. The number of hydrogen-bond acceptors (Lipinski definition) is 5. The summed E-state index contributed by atoms with van der Waals surface area (Å²) in [7, 11) is 0. The minimum atomic E-state index is -0.0665. The Morgan fingerprint density at radius 3 is 2.93 bits per heavy atom. The quantitative estimate of drug-likeness (QED) is 0.529. The summed E-state index contributed by atoms with van der Waals surface area (Å²) in [5.74, 6) is 1.44. The lowest BCUT2D eigenvalue weighted by Gasteiger charge is -2.07. The maximum absolute atomic E-state index is 12.4. The molecule has 0 saturated heterocycles. The van der Waals surface area contributed by atoms with Gasteiger partial charge in [0.2, 0.25) is 5.91 Å². The molecule has 1 aliphatic rings. The molecule has 4 rings (SSSR count). The topological polar surface area (TPSA) is 84.1 Å². The van der Waals surface area contributed by atoms with Gasteiger partial charge in [-0.25, -0.2) is 4.98 Å². The van der Waals surface area contributed by atoms with Crippen LogP contribution >= 0.6 is 11.3 Å². The molecule has 0 aliphatic heterocycles. The molecule has 1 aliphatic carbocycles. The maximum atomic E-state index is 12.4. The van der Waals surface area contributed by atoms with Crippen LogP contribution in [-0.4, -0.2) is 29.0 Å². The van der Waals surface area contributed by atoms with Crippen LogP contribution in [0.3, 0.4) is 0 Å². The minimum absolute atomic E-state index is 0.0228. The van der Waals surface area contributed by atoms with E-state index in [1.165, 1.54) is 10.4 Å². The van der Waals surface area contributed by atoms with E-state index in [0.29, 0.717) is 31.8 Å². The molecule has 0 radical (unpaired) electrons. The van der Waals surface area contributed by atoms with Gasteiger partial charge in [-0.3, -0.25) is 9.59 Å². The van der Waals surface area contributed by atoms with E-state index in [9.17, 15) is 9.59 Å². The highest BCUT2D eigenvalue weighted by Crippen LogP contribution is 2.34. The Balaban J connectivity index is 1.18. The number of amides is 1. The third kappa shape index (κ3) is 4.85. The number of H-pyrrole nitrogens is 1. The molecular weight excluding hydrogens is 386 g/mol. The van der Waals surface area contributed by atoms with Crippen LogP contribution in [0.25, 0.3) is 10.2 Å². The highest BCUT2D eigenvalue weighted by Gasteiger charge is 2.21. The number of nitrogens with one attached hydrogen (secondary N) is 2. The highest BCUT2D eigenvalue weighted by atomic mass is 32.1. The molecule has 3 aromatic rings. The predicted molar refractivity (Wildman–Crippen MR) is 115 cm³/mol. The van der Waals surface area contributed by atoms with Crippen LogP contribution in [0.1, 0.15) is 41.9 Å². The molecule has 2 heterocycles. The summed E-state index contributed by atoms with van der Waals surface area (Å²) < 4.78 is 5.63. The third-order valence-corrected chi connectivity index (χ3v) is 6.30. The average Bonchev–Trinajstić information content (AvgIpc) is 3.30. The van der Waals surface area contributed by atoms with Gasteiger partial charge in [0.15, 0.2) is 0 Å². The molecule has 1 amide bonds. The first-order valence-corrected chi connectivity index (χ1v) is 11.0. The van der Waals surface area contributed by atoms with Gasteiger partial charge in [-0.15, -0.1) is 11.3 Å². The minimum Gasteiger partial charge on any atom is -0.494 e. The van der Waals surface area contributed by atoms with E-state index in [1.807, 2.05) is 30.3 Å². The van der Waals surface area contributed by atoms with E-state index in [1.54, 1.807) is 11.3 Å². The van der Waals surface area contributed by atoms with Crippen LogP contribution in [0.4, 0.5) is 0 Å². The molecule has 29 heavy (non-hydrogen) atoms. The van der Waals surface area contributed by atoms with Gasteiger partial charge in [0.05, 0.1) is 12.0 Å². The zero-order valence-corrected chi connectivity index (χ0v) is 17.1. The van der Waals surface area contributed by atoms with Gasteiger partial charge in [-0.2, -0.15) is 0 Å². The number of ether oxygens (including phenoxy) is 1. The smallest absolute Gasteiger partial charge is 0.259 e. The summed E-state index contributed by atoms with van der Waals surface area (Å²) in [4.78, 5) is 34.1. The second-order valence-electron chi connectivity index (χ2n) is 7.27. The van der Waals surface area contributed by atoms with Gasteiger partial charge in [0, 0.05) is 24.3 Å². The molecule has 0 bridgehead atoms. The van der Waals surface area contributed by atoms with Crippen molar-refractivity contribution in [3.05, 3.63) is 57.0 Å². The SMILES string of the molecule is O=C(CCc1nc2sc3c(c2c(=O)[nH]1)CCC3)NCCCCOc1ccccc1. The largest absolute Gasteiger partial charge is 0.494 e. The lowest BCUT2D eigenvalue weighted by molar-refractivity contribution is -0.121. The number of hydrogen-bond donors (Lipinski definition) is 2. The zero-order chi connectivity index (χ0) is 20.1. The van der Waals surface area contributed by atoms with Crippen molar-refractivity contribution in [3.63, 3.8) is 0 Å². The summed E-state index contributed by atoms with van der Waals surface area (Å²) in [5, 5.41) is 3.68. The Bertz CT molecular complexity index is 1040. The fraction of sp³-hybridized carbons (Fsp3) is 0.409. The number of aryl methyl sites for hydroxylation is 3. The number of aromatic nitrogens is 2. The number of aromatic amines is 1. The monoisotopic (exact) mass is 411 g/mol. The van der Waals surface area contributed by atoms with Crippen molar-refractivity contribution in [1.29, 1.82) is 0 Å². The van der Waals surface area contributed by atoms with Crippen LogP contribution in [-0.2, 0) is 24.1 Å². The first-order valence-electron chi connectivity index (χ1n) is 10.2. The summed E-state index contributed by atoms with van der Waals surface area (Å²) in [6.45, 7) is 1.26. The zero-order valence-electron chi connectivity index (χ0n) is 16.3. The van der Waals surface area contributed by atoms with Crippen LogP contribution in [0.15, 0.2) is 35.1 Å². The molecule has 0 fully saturated rings. The molecule has 0 unspecified atom stereocenters. The van der Waals surface area contributed by atoms with Gasteiger partial charge in [-0.1, -0.05) is 18.2 Å². The third-order valence-electron chi connectivity index (χ3n) is 5.12. The van der Waals surface area contributed by atoms with Crippen molar-refractivity contribution in [2.24, 2.45) is 0 Å². The van der Waals surface area contributed by atoms with Crippen molar-refractivity contribution in [3.8, 4) is 5.75 Å². The average molecular weight is 412 g/mol. The van der Waals surface area contributed by atoms with Crippen LogP contribution < -0.4 is 15.6 Å². The second-order valence-corrected chi connectivity index (χ2v) is 8.35. The Morgan fingerprint density at radius 2 is 2.07 bits per heavy atom. The van der Waals surface area contributed by atoms with Gasteiger partial charge >= 0.3 is 0 Å². The fourth-order valence-corrected chi connectivity index (χ4v) is 4.93. The Labute approximate surface area is 173 Å². The molecule has 2 N–H and O–H groups in total. The van der Waals surface area contributed by atoms with E-state index in [2.05, 4.69) is 15.3 Å². The van der Waals surface area contributed by atoms with Crippen LogP contribution in [0, 0.1) is 0 Å². The van der Waals surface area contributed by atoms with E-state index in [-0.39, 0.29) is 11.5 Å². The Hall–Kier alpha value is -2.67. The molecule has 2 aromatic heterocycles. The van der Waals surface area contributed by atoms with Crippen molar-refractivity contribution in [2.45, 2.75) is 44.9 Å². The molecule has 0 saturated carbocycles. The summed E-state index contributed by atoms with van der Waals surface area (Å²) in [6, 6.07) is 9.71. The van der Waals surface area contributed by atoms with Gasteiger partial charge < -0.3 is 15.0 Å². The standard InChI is InChI=1S/C22H25N3O3S/c26-19(23-13-4-5-14-28-15-7-2-1-3-8-15)12-11-18-24-21(27)20-16-9-6-10-17(16)29-22(20)25-18/h1-3,7-8H,4-6,9-14H2,(H,23,26)(H,24,25,27). The number of fused-ring (bicyclic) bond motifs is 3. The number of para-hydroxylation sites is 1. The number of carbonyl (C=O) groups is 1. The first kappa shape index (κ1) is 19.6. The van der Waals surface area contributed by atoms with Crippen LogP contribution in [0.2, 0.25) is 0 Å². The summed E-state index contributed by atoms with van der Waals surface area (Å²) in [6.07, 6.45) is 5.64. The van der Waals surface area contributed by atoms with Crippen molar-refractivity contribution in [1.82, 2.24) is 15.3 Å². The van der Waals surface area contributed by atoms with Crippen molar-refractivity contribution < 1.29 is 9.53 Å². The lowest BCUT2D eigenvalue weighted by Crippen LogP contribution is -2.25. The number of benzene rings is 1. The first-order chi connectivity index (χ1) is 14.2.